The van der Waals surface area contributed by atoms with Gasteiger partial charge in [0.1, 0.15) is 12.6 Å². The van der Waals surface area contributed by atoms with Gasteiger partial charge < -0.3 is 10.2 Å². The zero-order chi connectivity index (χ0) is 34.4. The Morgan fingerprint density at radius 2 is 1.51 bits per heavy atom. The number of halogens is 4. The van der Waals surface area contributed by atoms with Crippen LogP contribution in [0.4, 0.5) is 18.9 Å². The van der Waals surface area contributed by atoms with Crippen LogP contribution >= 0.6 is 11.6 Å². The van der Waals surface area contributed by atoms with Gasteiger partial charge in [-0.15, -0.1) is 0 Å². The summed E-state index contributed by atoms with van der Waals surface area (Å²) in [6, 6.07) is 23.6. The lowest BCUT2D eigenvalue weighted by atomic mass is 10.0. The zero-order valence-corrected chi connectivity index (χ0v) is 27.7. The molecular formula is C35H35ClF3N3O4S. The van der Waals surface area contributed by atoms with E-state index in [0.717, 1.165) is 28.8 Å². The summed E-state index contributed by atoms with van der Waals surface area (Å²) in [6.45, 7) is 4.67. The fraction of sp³-hybridized carbons (Fsp3) is 0.257. The molecule has 1 atom stereocenters. The SMILES string of the molecule is CCNC(=O)[C@@H](Cc1ccccc1)N(Cc1cccc(C)c1)C(=O)CN(c1ccc(Cl)c(C(F)(F)F)c1)S(=O)(=O)c1ccc(C)cc1. The van der Waals surface area contributed by atoms with Gasteiger partial charge in [0, 0.05) is 19.5 Å². The predicted octanol–water partition coefficient (Wildman–Crippen LogP) is 6.95. The topological polar surface area (TPSA) is 86.8 Å². The van der Waals surface area contributed by atoms with Crippen molar-refractivity contribution in [3.8, 4) is 0 Å². The van der Waals surface area contributed by atoms with Gasteiger partial charge in [0.15, 0.2) is 0 Å². The van der Waals surface area contributed by atoms with E-state index in [1.807, 2.05) is 37.3 Å². The number of nitrogens with one attached hydrogen (secondary N) is 1. The normalized spacial score (nSPS) is 12.3. The van der Waals surface area contributed by atoms with Crippen LogP contribution in [0, 0.1) is 13.8 Å². The molecule has 47 heavy (non-hydrogen) atoms. The second-order valence-corrected chi connectivity index (χ2v) is 13.4. The first-order valence-corrected chi connectivity index (χ1v) is 16.6. The average Bonchev–Trinajstić information content (AvgIpc) is 3.02. The average molecular weight is 686 g/mol. The molecule has 0 saturated heterocycles. The highest BCUT2D eigenvalue weighted by atomic mass is 35.5. The number of hydrogen-bond acceptors (Lipinski definition) is 4. The maximum absolute atomic E-state index is 14.4. The highest BCUT2D eigenvalue weighted by Gasteiger charge is 2.37. The Morgan fingerprint density at radius 1 is 0.851 bits per heavy atom. The number of anilines is 1. The number of likely N-dealkylation sites (N-methyl/N-ethyl adjacent to an activating group) is 1. The van der Waals surface area contributed by atoms with E-state index in [2.05, 4.69) is 5.32 Å². The monoisotopic (exact) mass is 685 g/mol. The molecule has 0 aliphatic carbocycles. The molecule has 4 rings (SSSR count). The van der Waals surface area contributed by atoms with Gasteiger partial charge in [0.05, 0.1) is 21.2 Å². The third-order valence-corrected chi connectivity index (χ3v) is 9.61. The molecule has 12 heteroatoms. The molecule has 2 amide bonds. The number of hydrogen-bond donors (Lipinski definition) is 1. The predicted molar refractivity (Wildman–Crippen MR) is 177 cm³/mol. The molecule has 0 unspecified atom stereocenters. The van der Waals surface area contributed by atoms with Gasteiger partial charge in [0.2, 0.25) is 11.8 Å². The molecule has 4 aromatic carbocycles. The van der Waals surface area contributed by atoms with Crippen molar-refractivity contribution in [2.24, 2.45) is 0 Å². The molecule has 1 N–H and O–H groups in total. The van der Waals surface area contributed by atoms with Crippen molar-refractivity contribution in [3.63, 3.8) is 0 Å². The Bertz CT molecular complexity index is 1820. The molecule has 0 spiro atoms. The summed E-state index contributed by atoms with van der Waals surface area (Å²) >= 11 is 5.87. The second-order valence-electron chi connectivity index (χ2n) is 11.1. The number of benzene rings is 4. The number of amides is 2. The van der Waals surface area contributed by atoms with Crippen LogP contribution < -0.4 is 9.62 Å². The van der Waals surface area contributed by atoms with Crippen molar-refractivity contribution in [3.05, 3.63) is 130 Å². The summed E-state index contributed by atoms with van der Waals surface area (Å²) in [5.74, 6) is -1.26. The highest BCUT2D eigenvalue weighted by Crippen LogP contribution is 2.38. The van der Waals surface area contributed by atoms with E-state index in [1.165, 1.54) is 17.0 Å². The van der Waals surface area contributed by atoms with E-state index in [9.17, 15) is 31.2 Å². The molecule has 0 radical (unpaired) electrons. The molecule has 0 aromatic heterocycles. The number of sulfonamides is 1. The van der Waals surface area contributed by atoms with Gasteiger partial charge in [-0.1, -0.05) is 89.5 Å². The fourth-order valence-electron chi connectivity index (χ4n) is 5.11. The number of aryl methyl sites for hydroxylation is 2. The molecule has 0 saturated carbocycles. The number of carbonyl (C=O) groups excluding carboxylic acids is 2. The Hall–Kier alpha value is -4.35. The molecule has 4 aromatic rings. The summed E-state index contributed by atoms with van der Waals surface area (Å²) in [7, 11) is -4.59. The lowest BCUT2D eigenvalue weighted by molar-refractivity contribution is -0.140. The van der Waals surface area contributed by atoms with E-state index >= 15 is 0 Å². The number of alkyl halides is 3. The lowest BCUT2D eigenvalue weighted by Gasteiger charge is -2.34. The van der Waals surface area contributed by atoms with Crippen LogP contribution in [0.2, 0.25) is 5.02 Å². The first-order valence-electron chi connectivity index (χ1n) is 14.8. The van der Waals surface area contributed by atoms with Gasteiger partial charge in [-0.3, -0.25) is 13.9 Å². The Balaban J connectivity index is 1.86. The first-order chi connectivity index (χ1) is 22.2. The number of rotatable bonds is 12. The second kappa shape index (κ2) is 15.0. The Labute approximate surface area is 278 Å². The first kappa shape index (κ1) is 35.5. The Kier molecular flexibility index (Phi) is 11.4. The molecule has 0 fully saturated rings. The van der Waals surface area contributed by atoms with E-state index in [4.69, 9.17) is 11.6 Å². The van der Waals surface area contributed by atoms with Crippen LogP contribution in [0.25, 0.3) is 0 Å². The third-order valence-electron chi connectivity index (χ3n) is 7.49. The molecule has 0 heterocycles. The van der Waals surface area contributed by atoms with Crippen molar-refractivity contribution in [2.75, 3.05) is 17.4 Å². The standard InChI is InChI=1S/C35H35ClF3N3O4S/c1-4-40-34(44)32(20-26-10-6-5-7-11-26)41(22-27-12-8-9-25(3)19-27)33(43)23-42(47(45,46)29-16-13-24(2)14-17-29)28-15-18-31(36)30(21-28)35(37,38)39/h5-19,21,32H,4,20,22-23H2,1-3H3,(H,40,44)/t32-/m1/s1. The van der Waals surface area contributed by atoms with Crippen molar-refractivity contribution in [2.45, 2.75) is 50.9 Å². The quantitative estimate of drug-likeness (QED) is 0.175. The minimum atomic E-state index is -4.90. The minimum absolute atomic E-state index is 0.0675. The van der Waals surface area contributed by atoms with Crippen LogP contribution in [0.3, 0.4) is 0 Å². The summed E-state index contributed by atoms with van der Waals surface area (Å²) in [6.07, 6.45) is -4.79. The maximum atomic E-state index is 14.4. The number of nitrogens with zero attached hydrogens (tertiary/aromatic N) is 2. The smallest absolute Gasteiger partial charge is 0.355 e. The van der Waals surface area contributed by atoms with Gasteiger partial charge in [0.25, 0.3) is 10.0 Å². The molecule has 248 valence electrons. The number of carbonyl (C=O) groups is 2. The van der Waals surface area contributed by atoms with Crippen molar-refractivity contribution >= 4 is 39.1 Å². The van der Waals surface area contributed by atoms with Crippen molar-refractivity contribution in [1.82, 2.24) is 10.2 Å². The zero-order valence-electron chi connectivity index (χ0n) is 26.1. The fourth-order valence-corrected chi connectivity index (χ4v) is 6.74. The molecule has 0 aliphatic heterocycles. The molecular weight excluding hydrogens is 651 g/mol. The molecule has 7 nitrogen and oxygen atoms in total. The van der Waals surface area contributed by atoms with Crippen LogP contribution in [0.5, 0.6) is 0 Å². The third kappa shape index (κ3) is 8.93. The van der Waals surface area contributed by atoms with Crippen LogP contribution in [0.1, 0.15) is 34.7 Å². The minimum Gasteiger partial charge on any atom is -0.355 e. The van der Waals surface area contributed by atoms with Gasteiger partial charge in [-0.25, -0.2) is 8.42 Å². The van der Waals surface area contributed by atoms with Crippen LogP contribution in [0.15, 0.2) is 102 Å². The molecule has 0 aliphatic rings. The summed E-state index contributed by atoms with van der Waals surface area (Å²) in [5, 5.41) is 2.15. The summed E-state index contributed by atoms with van der Waals surface area (Å²) in [4.78, 5) is 29.1. The Morgan fingerprint density at radius 3 is 2.13 bits per heavy atom. The van der Waals surface area contributed by atoms with Gasteiger partial charge >= 0.3 is 6.18 Å². The largest absolute Gasteiger partial charge is 0.417 e. The van der Waals surface area contributed by atoms with Gasteiger partial charge in [-0.2, -0.15) is 13.2 Å². The summed E-state index contributed by atoms with van der Waals surface area (Å²) < 4.78 is 70.6. The van der Waals surface area contributed by atoms with Gasteiger partial charge in [-0.05, 0) is 62.2 Å². The van der Waals surface area contributed by atoms with Crippen LogP contribution in [-0.4, -0.2) is 44.3 Å². The summed E-state index contributed by atoms with van der Waals surface area (Å²) in [5.41, 5.74) is 1.42. The van der Waals surface area contributed by atoms with Crippen LogP contribution in [-0.2, 0) is 38.8 Å². The molecule has 0 bridgehead atoms. The van der Waals surface area contributed by atoms with E-state index in [-0.39, 0.29) is 24.4 Å². The van der Waals surface area contributed by atoms with E-state index in [1.54, 1.807) is 50.2 Å². The highest BCUT2D eigenvalue weighted by molar-refractivity contribution is 7.92. The lowest BCUT2D eigenvalue weighted by Crippen LogP contribution is -2.53. The van der Waals surface area contributed by atoms with Crippen molar-refractivity contribution in [1.29, 1.82) is 0 Å². The van der Waals surface area contributed by atoms with E-state index < -0.39 is 56.9 Å². The van der Waals surface area contributed by atoms with E-state index in [0.29, 0.717) is 15.9 Å². The van der Waals surface area contributed by atoms with Crippen molar-refractivity contribution < 1.29 is 31.2 Å². The maximum Gasteiger partial charge on any atom is 0.417 e.